The zero-order chi connectivity index (χ0) is 12.7. The average Bonchev–Trinajstić information content (AvgIpc) is 2.48. The van der Waals surface area contributed by atoms with E-state index < -0.39 is 0 Å². The van der Waals surface area contributed by atoms with E-state index >= 15 is 0 Å². The first-order chi connectivity index (χ1) is 7.83. The molecule has 1 fully saturated rings. The van der Waals surface area contributed by atoms with Crippen LogP contribution < -0.4 is 0 Å². The van der Waals surface area contributed by atoms with Gasteiger partial charge in [-0.2, -0.15) is 0 Å². The Kier molecular flexibility index (Phi) is 3.09. The van der Waals surface area contributed by atoms with Gasteiger partial charge in [0.1, 0.15) is 0 Å². The van der Waals surface area contributed by atoms with E-state index in [1.54, 1.807) is 0 Å². The Bertz CT molecular complexity index is 370. The standard InChI is InChI=1S/C14H21BO2/c1-11(12-9-7-6-8-10-12)15-16-13(2,3)14(4,5)17-15/h6-11H,1-5H3/t11-/m1/s1. The molecule has 92 valence electrons. The van der Waals surface area contributed by atoms with Crippen LogP contribution in [0, 0.1) is 0 Å². The number of rotatable bonds is 2. The summed E-state index contributed by atoms with van der Waals surface area (Å²) in [5.74, 6) is 0.247. The zero-order valence-corrected chi connectivity index (χ0v) is 11.4. The molecule has 0 bridgehead atoms. The average molecular weight is 232 g/mol. The maximum absolute atomic E-state index is 6.06. The van der Waals surface area contributed by atoms with Gasteiger partial charge in [0.25, 0.3) is 0 Å². The van der Waals surface area contributed by atoms with Gasteiger partial charge in [0.15, 0.2) is 0 Å². The molecule has 3 heteroatoms. The molecule has 0 aliphatic carbocycles. The van der Waals surface area contributed by atoms with Crippen LogP contribution >= 0.6 is 0 Å². The summed E-state index contributed by atoms with van der Waals surface area (Å²) < 4.78 is 12.1. The molecule has 17 heavy (non-hydrogen) atoms. The van der Waals surface area contributed by atoms with E-state index in [2.05, 4.69) is 58.9 Å². The van der Waals surface area contributed by atoms with Crippen LogP contribution in [0.15, 0.2) is 30.3 Å². The molecule has 0 aromatic heterocycles. The molecule has 1 aromatic carbocycles. The minimum atomic E-state index is -0.249. The molecule has 2 nitrogen and oxygen atoms in total. The fourth-order valence-corrected chi connectivity index (χ4v) is 2.01. The highest BCUT2D eigenvalue weighted by atomic mass is 16.7. The molecular weight excluding hydrogens is 211 g/mol. The summed E-state index contributed by atoms with van der Waals surface area (Å²) in [5, 5.41) is 0. The van der Waals surface area contributed by atoms with Crippen molar-refractivity contribution in [2.75, 3.05) is 0 Å². The number of benzene rings is 1. The van der Waals surface area contributed by atoms with Crippen molar-refractivity contribution in [1.29, 1.82) is 0 Å². The predicted molar refractivity (Wildman–Crippen MR) is 70.9 cm³/mol. The SMILES string of the molecule is C[C@@H](B1OC(C)(C)C(C)(C)O1)c1ccccc1. The van der Waals surface area contributed by atoms with Crippen molar-refractivity contribution in [2.24, 2.45) is 0 Å². The molecule has 0 N–H and O–H groups in total. The van der Waals surface area contributed by atoms with Crippen LogP contribution in [0.2, 0.25) is 0 Å². The van der Waals surface area contributed by atoms with Crippen LogP contribution in [0.5, 0.6) is 0 Å². The van der Waals surface area contributed by atoms with E-state index in [1.807, 2.05) is 6.07 Å². The second-order valence-electron chi connectivity index (χ2n) is 5.82. The highest BCUT2D eigenvalue weighted by Gasteiger charge is 2.52. The van der Waals surface area contributed by atoms with E-state index in [-0.39, 0.29) is 24.1 Å². The first-order valence-electron chi connectivity index (χ1n) is 6.24. The fraction of sp³-hybridized carbons (Fsp3) is 0.571. The van der Waals surface area contributed by atoms with Gasteiger partial charge in [0, 0.05) is 5.82 Å². The number of hydrogen-bond acceptors (Lipinski definition) is 2. The lowest BCUT2D eigenvalue weighted by molar-refractivity contribution is 0.00578. The van der Waals surface area contributed by atoms with Crippen LogP contribution in [0.3, 0.4) is 0 Å². The molecule has 0 unspecified atom stereocenters. The largest absolute Gasteiger partial charge is 0.465 e. The molecule has 1 atom stereocenters. The summed E-state index contributed by atoms with van der Waals surface area (Å²) in [4.78, 5) is 0. The van der Waals surface area contributed by atoms with Gasteiger partial charge in [-0.1, -0.05) is 37.3 Å². The fourth-order valence-electron chi connectivity index (χ4n) is 2.01. The van der Waals surface area contributed by atoms with Gasteiger partial charge < -0.3 is 9.31 Å². The number of hydrogen-bond donors (Lipinski definition) is 0. The first-order valence-corrected chi connectivity index (χ1v) is 6.24. The van der Waals surface area contributed by atoms with Crippen LogP contribution in [0.1, 0.15) is 46.0 Å². The van der Waals surface area contributed by atoms with E-state index in [0.717, 1.165) is 0 Å². The minimum absolute atomic E-state index is 0.164. The summed E-state index contributed by atoms with van der Waals surface area (Å²) in [6.07, 6.45) is 0. The molecule has 2 rings (SSSR count). The van der Waals surface area contributed by atoms with Crippen LogP contribution in [0.25, 0.3) is 0 Å². The third-order valence-corrected chi connectivity index (χ3v) is 4.01. The lowest BCUT2D eigenvalue weighted by atomic mass is 9.69. The first kappa shape index (κ1) is 12.7. The van der Waals surface area contributed by atoms with Gasteiger partial charge in [0.05, 0.1) is 11.2 Å². The molecule has 1 aliphatic rings. The lowest BCUT2D eigenvalue weighted by Crippen LogP contribution is -2.41. The molecule has 1 aliphatic heterocycles. The molecule has 0 amide bonds. The van der Waals surface area contributed by atoms with E-state index in [4.69, 9.17) is 9.31 Å². The predicted octanol–water partition coefficient (Wildman–Crippen LogP) is 3.42. The van der Waals surface area contributed by atoms with Gasteiger partial charge in [-0.05, 0) is 33.3 Å². The van der Waals surface area contributed by atoms with Gasteiger partial charge in [0.2, 0.25) is 0 Å². The quantitative estimate of drug-likeness (QED) is 0.727. The molecular formula is C14H21BO2. The van der Waals surface area contributed by atoms with Crippen molar-refractivity contribution in [3.63, 3.8) is 0 Å². The van der Waals surface area contributed by atoms with E-state index in [9.17, 15) is 0 Å². The molecule has 1 aromatic rings. The Morgan fingerprint density at radius 1 is 0.941 bits per heavy atom. The molecule has 1 heterocycles. The second kappa shape index (κ2) is 4.15. The van der Waals surface area contributed by atoms with E-state index in [1.165, 1.54) is 5.56 Å². The van der Waals surface area contributed by atoms with Crippen molar-refractivity contribution in [3.8, 4) is 0 Å². The Balaban J connectivity index is 2.17. The molecule has 0 saturated carbocycles. The Morgan fingerprint density at radius 3 is 1.88 bits per heavy atom. The maximum Gasteiger partial charge on any atom is 0.465 e. The summed E-state index contributed by atoms with van der Waals surface area (Å²) in [6, 6.07) is 10.4. The Hall–Kier alpha value is -0.795. The zero-order valence-electron chi connectivity index (χ0n) is 11.4. The topological polar surface area (TPSA) is 18.5 Å². The smallest absolute Gasteiger partial charge is 0.403 e. The highest BCUT2D eigenvalue weighted by molar-refractivity contribution is 6.47. The molecule has 0 spiro atoms. The van der Waals surface area contributed by atoms with Gasteiger partial charge in [-0.25, -0.2) is 0 Å². The third-order valence-electron chi connectivity index (χ3n) is 4.01. The maximum atomic E-state index is 6.06. The van der Waals surface area contributed by atoms with Crippen molar-refractivity contribution in [3.05, 3.63) is 35.9 Å². The van der Waals surface area contributed by atoms with Crippen molar-refractivity contribution >= 4 is 7.12 Å². The normalized spacial score (nSPS) is 23.7. The van der Waals surface area contributed by atoms with Gasteiger partial charge in [-0.15, -0.1) is 0 Å². The van der Waals surface area contributed by atoms with E-state index in [0.29, 0.717) is 0 Å². The monoisotopic (exact) mass is 232 g/mol. The lowest BCUT2D eigenvalue weighted by Gasteiger charge is -2.32. The van der Waals surface area contributed by atoms with Gasteiger partial charge >= 0.3 is 7.12 Å². The second-order valence-corrected chi connectivity index (χ2v) is 5.82. The van der Waals surface area contributed by atoms with Crippen molar-refractivity contribution in [2.45, 2.75) is 51.6 Å². The Morgan fingerprint density at radius 2 is 1.41 bits per heavy atom. The summed E-state index contributed by atoms with van der Waals surface area (Å²) in [5.41, 5.74) is 0.757. The summed E-state index contributed by atoms with van der Waals surface area (Å²) >= 11 is 0. The Labute approximate surface area is 104 Å². The molecule has 1 saturated heterocycles. The molecule has 0 radical (unpaired) electrons. The minimum Gasteiger partial charge on any atom is -0.403 e. The summed E-state index contributed by atoms with van der Waals surface area (Å²) in [7, 11) is -0.164. The third kappa shape index (κ3) is 2.27. The van der Waals surface area contributed by atoms with Crippen LogP contribution in [-0.2, 0) is 9.31 Å². The summed E-state index contributed by atoms with van der Waals surface area (Å²) in [6.45, 7) is 10.5. The van der Waals surface area contributed by atoms with Crippen molar-refractivity contribution < 1.29 is 9.31 Å². The van der Waals surface area contributed by atoms with Crippen molar-refractivity contribution in [1.82, 2.24) is 0 Å². The van der Waals surface area contributed by atoms with Gasteiger partial charge in [-0.3, -0.25) is 0 Å². The van der Waals surface area contributed by atoms with Crippen LogP contribution in [-0.4, -0.2) is 18.3 Å². The highest BCUT2D eigenvalue weighted by Crippen LogP contribution is 2.40. The van der Waals surface area contributed by atoms with Crippen LogP contribution in [0.4, 0.5) is 0 Å².